The summed E-state index contributed by atoms with van der Waals surface area (Å²) in [5.74, 6) is 0. The van der Waals surface area contributed by atoms with Gasteiger partial charge in [0.05, 0.1) is 11.8 Å². The highest BCUT2D eigenvalue weighted by atomic mass is 79.9. The van der Waals surface area contributed by atoms with Crippen LogP contribution < -0.4 is 4.72 Å². The van der Waals surface area contributed by atoms with Gasteiger partial charge >= 0.3 is 0 Å². The topological polar surface area (TPSA) is 70.0 Å². The standard InChI is InChI=1S/C9H8BrClN2O2S/c1-6(5-12)16(14,15)13-9-4-7(11)2-3-8(9)10/h2-4,6,13H,1H3. The fourth-order valence-corrected chi connectivity index (χ4v) is 2.33. The van der Waals surface area contributed by atoms with Crippen molar-refractivity contribution in [3.63, 3.8) is 0 Å². The molecule has 1 unspecified atom stereocenters. The summed E-state index contributed by atoms with van der Waals surface area (Å²) < 4.78 is 26.1. The van der Waals surface area contributed by atoms with E-state index in [1.165, 1.54) is 13.0 Å². The minimum Gasteiger partial charge on any atom is -0.281 e. The highest BCUT2D eigenvalue weighted by molar-refractivity contribution is 9.10. The second kappa shape index (κ2) is 5.04. The molecule has 0 heterocycles. The summed E-state index contributed by atoms with van der Waals surface area (Å²) >= 11 is 8.92. The van der Waals surface area contributed by atoms with Crippen LogP contribution in [0.5, 0.6) is 0 Å². The first kappa shape index (κ1) is 13.3. The molecule has 0 fully saturated rings. The largest absolute Gasteiger partial charge is 0.281 e. The van der Waals surface area contributed by atoms with Crippen LogP contribution in [0, 0.1) is 11.3 Å². The van der Waals surface area contributed by atoms with Crippen LogP contribution >= 0.6 is 27.5 Å². The molecule has 1 aromatic rings. The van der Waals surface area contributed by atoms with Crippen LogP contribution in [0.25, 0.3) is 0 Å². The Morgan fingerprint density at radius 1 is 1.56 bits per heavy atom. The van der Waals surface area contributed by atoms with Crippen LogP contribution in [0.15, 0.2) is 22.7 Å². The molecule has 0 saturated heterocycles. The quantitative estimate of drug-likeness (QED) is 0.930. The average Bonchev–Trinajstić information content (AvgIpc) is 2.22. The minimum absolute atomic E-state index is 0.314. The van der Waals surface area contributed by atoms with E-state index < -0.39 is 15.3 Å². The molecule has 0 amide bonds. The lowest BCUT2D eigenvalue weighted by molar-refractivity contribution is 0.597. The highest BCUT2D eigenvalue weighted by Gasteiger charge is 2.20. The Bertz CT molecular complexity index is 539. The van der Waals surface area contributed by atoms with Crippen molar-refractivity contribution in [2.24, 2.45) is 0 Å². The molecule has 1 N–H and O–H groups in total. The zero-order valence-electron chi connectivity index (χ0n) is 8.24. The van der Waals surface area contributed by atoms with Gasteiger partial charge in [0.25, 0.3) is 0 Å². The molecule has 0 radical (unpaired) electrons. The number of anilines is 1. The Kier molecular flexibility index (Phi) is 4.19. The second-order valence-corrected chi connectivity index (χ2v) is 6.33. The van der Waals surface area contributed by atoms with E-state index in [9.17, 15) is 8.42 Å². The van der Waals surface area contributed by atoms with Gasteiger partial charge in [0.2, 0.25) is 10.0 Å². The molecule has 0 aliphatic heterocycles. The zero-order chi connectivity index (χ0) is 12.3. The molecule has 4 nitrogen and oxygen atoms in total. The third-order valence-corrected chi connectivity index (χ3v) is 4.30. The second-order valence-electron chi connectivity index (χ2n) is 3.04. The van der Waals surface area contributed by atoms with Crippen LogP contribution in [-0.2, 0) is 10.0 Å². The zero-order valence-corrected chi connectivity index (χ0v) is 11.4. The lowest BCUT2D eigenvalue weighted by Gasteiger charge is -2.10. The van der Waals surface area contributed by atoms with Crippen molar-refractivity contribution in [1.82, 2.24) is 0 Å². The summed E-state index contributed by atoms with van der Waals surface area (Å²) in [7, 11) is -3.70. The lowest BCUT2D eigenvalue weighted by Crippen LogP contribution is -2.23. The Morgan fingerprint density at radius 2 is 2.19 bits per heavy atom. The summed E-state index contributed by atoms with van der Waals surface area (Å²) in [5, 5.41) is 7.85. The Hall–Kier alpha value is -0.770. The fraction of sp³-hybridized carbons (Fsp3) is 0.222. The van der Waals surface area contributed by atoms with E-state index >= 15 is 0 Å². The van der Waals surface area contributed by atoms with Gasteiger partial charge in [-0.1, -0.05) is 11.6 Å². The number of nitrogens with one attached hydrogen (secondary N) is 1. The summed E-state index contributed by atoms with van der Waals surface area (Å²) in [6.45, 7) is 1.31. The molecule has 0 spiro atoms. The van der Waals surface area contributed by atoms with E-state index in [1.807, 2.05) is 0 Å². The lowest BCUT2D eigenvalue weighted by atomic mass is 10.3. The third kappa shape index (κ3) is 3.11. The van der Waals surface area contributed by atoms with Gasteiger partial charge in [-0.2, -0.15) is 5.26 Å². The number of benzene rings is 1. The van der Waals surface area contributed by atoms with Crippen molar-refractivity contribution in [2.45, 2.75) is 12.2 Å². The Labute approximate surface area is 107 Å². The van der Waals surface area contributed by atoms with Crippen LogP contribution in [0.1, 0.15) is 6.92 Å². The Morgan fingerprint density at radius 3 is 2.75 bits per heavy atom. The number of rotatable bonds is 3. The minimum atomic E-state index is -3.70. The van der Waals surface area contributed by atoms with E-state index in [2.05, 4.69) is 20.7 Å². The maximum atomic E-state index is 11.6. The van der Waals surface area contributed by atoms with Crippen molar-refractivity contribution >= 4 is 43.2 Å². The van der Waals surface area contributed by atoms with Crippen LogP contribution in [0.4, 0.5) is 5.69 Å². The van der Waals surface area contributed by atoms with Crippen LogP contribution in [0.2, 0.25) is 5.02 Å². The molecule has 0 bridgehead atoms. The van der Waals surface area contributed by atoms with E-state index in [0.717, 1.165) is 0 Å². The molecule has 86 valence electrons. The molecule has 0 saturated carbocycles. The van der Waals surface area contributed by atoms with Crippen LogP contribution in [0.3, 0.4) is 0 Å². The average molecular weight is 324 g/mol. The molecular formula is C9H8BrClN2O2S. The summed E-state index contributed by atoms with van der Waals surface area (Å²) in [4.78, 5) is 0. The molecule has 0 aromatic heterocycles. The predicted molar refractivity (Wildman–Crippen MR) is 66.8 cm³/mol. The van der Waals surface area contributed by atoms with Crippen molar-refractivity contribution in [3.8, 4) is 6.07 Å². The molecule has 0 aliphatic rings. The predicted octanol–water partition coefficient (Wildman–Crippen LogP) is 2.76. The first-order valence-electron chi connectivity index (χ1n) is 4.23. The van der Waals surface area contributed by atoms with Crippen molar-refractivity contribution in [1.29, 1.82) is 5.26 Å². The SMILES string of the molecule is CC(C#N)S(=O)(=O)Nc1cc(Cl)ccc1Br. The number of nitrogens with zero attached hydrogens (tertiary/aromatic N) is 1. The summed E-state index contributed by atoms with van der Waals surface area (Å²) in [5.41, 5.74) is 0.314. The van der Waals surface area contributed by atoms with Gasteiger partial charge in [0.15, 0.2) is 5.25 Å². The van der Waals surface area contributed by atoms with Crippen molar-refractivity contribution in [3.05, 3.63) is 27.7 Å². The van der Waals surface area contributed by atoms with Gasteiger partial charge in [0.1, 0.15) is 0 Å². The van der Waals surface area contributed by atoms with Gasteiger partial charge in [-0.05, 0) is 41.1 Å². The van der Waals surface area contributed by atoms with Gasteiger partial charge < -0.3 is 0 Å². The molecule has 0 aliphatic carbocycles. The molecule has 1 rings (SSSR count). The highest BCUT2D eigenvalue weighted by Crippen LogP contribution is 2.27. The van der Waals surface area contributed by atoms with Crippen molar-refractivity contribution in [2.75, 3.05) is 4.72 Å². The molecule has 7 heteroatoms. The number of hydrogen-bond donors (Lipinski definition) is 1. The van der Waals surface area contributed by atoms with Gasteiger partial charge in [-0.15, -0.1) is 0 Å². The first-order chi connectivity index (χ1) is 7.36. The van der Waals surface area contributed by atoms with Gasteiger partial charge in [0, 0.05) is 9.50 Å². The third-order valence-electron chi connectivity index (χ3n) is 1.83. The number of hydrogen-bond acceptors (Lipinski definition) is 3. The Balaban J connectivity index is 3.07. The number of sulfonamides is 1. The molecule has 16 heavy (non-hydrogen) atoms. The maximum absolute atomic E-state index is 11.6. The van der Waals surface area contributed by atoms with E-state index in [-0.39, 0.29) is 0 Å². The van der Waals surface area contributed by atoms with E-state index in [0.29, 0.717) is 15.2 Å². The summed E-state index contributed by atoms with van der Waals surface area (Å²) in [6.07, 6.45) is 0. The molecule has 1 aromatic carbocycles. The normalized spacial score (nSPS) is 12.9. The number of nitriles is 1. The molecular weight excluding hydrogens is 316 g/mol. The van der Waals surface area contributed by atoms with Gasteiger partial charge in [-0.25, -0.2) is 8.42 Å². The van der Waals surface area contributed by atoms with Crippen molar-refractivity contribution < 1.29 is 8.42 Å². The van der Waals surface area contributed by atoms with Crippen LogP contribution in [-0.4, -0.2) is 13.7 Å². The fourth-order valence-electron chi connectivity index (χ4n) is 0.887. The van der Waals surface area contributed by atoms with E-state index in [4.69, 9.17) is 16.9 Å². The molecule has 1 atom stereocenters. The smallest absolute Gasteiger partial charge is 0.248 e. The summed E-state index contributed by atoms with van der Waals surface area (Å²) in [6, 6.07) is 6.37. The monoisotopic (exact) mass is 322 g/mol. The van der Waals surface area contributed by atoms with E-state index in [1.54, 1.807) is 18.2 Å². The first-order valence-corrected chi connectivity index (χ1v) is 6.95. The number of halogens is 2. The maximum Gasteiger partial charge on any atom is 0.248 e. The van der Waals surface area contributed by atoms with Gasteiger partial charge in [-0.3, -0.25) is 4.72 Å².